The van der Waals surface area contributed by atoms with Crippen molar-refractivity contribution >= 4 is 17.3 Å². The highest BCUT2D eigenvalue weighted by atomic mass is 35.5. The van der Waals surface area contributed by atoms with Crippen LogP contribution in [-0.2, 0) is 0 Å². The number of halogens is 1. The number of hydrogen-bond acceptors (Lipinski definition) is 6. The Bertz CT molecular complexity index is 678. The van der Waals surface area contributed by atoms with E-state index in [4.69, 9.17) is 21.9 Å². The lowest BCUT2D eigenvalue weighted by molar-refractivity contribution is 0.432. The predicted octanol–water partition coefficient (Wildman–Crippen LogP) is 1.76. The number of anilines is 1. The van der Waals surface area contributed by atoms with Gasteiger partial charge in [0, 0.05) is 5.56 Å². The van der Waals surface area contributed by atoms with Crippen LogP contribution in [0, 0.1) is 0 Å². The van der Waals surface area contributed by atoms with Crippen LogP contribution in [0.2, 0.25) is 5.02 Å². The van der Waals surface area contributed by atoms with E-state index in [0.717, 1.165) is 0 Å². The van der Waals surface area contributed by atoms with Crippen LogP contribution in [-0.4, -0.2) is 25.6 Å². The number of benzene rings is 1. The highest BCUT2D eigenvalue weighted by Gasteiger charge is 2.13. The van der Waals surface area contributed by atoms with Gasteiger partial charge in [-0.15, -0.1) is 0 Å². The third-order valence-corrected chi connectivity index (χ3v) is 2.66. The van der Waals surface area contributed by atoms with Crippen molar-refractivity contribution in [2.24, 2.45) is 0 Å². The van der Waals surface area contributed by atoms with Crippen molar-refractivity contribution in [2.45, 2.75) is 0 Å². The van der Waals surface area contributed by atoms with E-state index in [0.29, 0.717) is 33.7 Å². The van der Waals surface area contributed by atoms with Gasteiger partial charge in [-0.1, -0.05) is 16.8 Å². The zero-order chi connectivity index (χ0) is 12.5. The SMILES string of the molecule is Nc1cc(-c2nc(-c3cn[nH]n3)no2)ccc1Cl. The van der Waals surface area contributed by atoms with E-state index in [-0.39, 0.29) is 0 Å². The maximum absolute atomic E-state index is 5.84. The maximum atomic E-state index is 5.84. The molecule has 3 aromatic rings. The third kappa shape index (κ3) is 1.80. The molecule has 0 bridgehead atoms. The summed E-state index contributed by atoms with van der Waals surface area (Å²) in [6.45, 7) is 0. The molecule has 0 aliphatic rings. The van der Waals surface area contributed by atoms with Gasteiger partial charge in [0.2, 0.25) is 5.82 Å². The highest BCUT2D eigenvalue weighted by molar-refractivity contribution is 6.33. The number of rotatable bonds is 2. The van der Waals surface area contributed by atoms with Crippen LogP contribution in [0.4, 0.5) is 5.69 Å². The molecule has 7 nitrogen and oxygen atoms in total. The topological polar surface area (TPSA) is 107 Å². The molecule has 0 spiro atoms. The van der Waals surface area contributed by atoms with E-state index in [1.54, 1.807) is 18.2 Å². The molecule has 8 heteroatoms. The highest BCUT2D eigenvalue weighted by Crippen LogP contribution is 2.26. The molecule has 18 heavy (non-hydrogen) atoms. The van der Waals surface area contributed by atoms with Crippen molar-refractivity contribution < 1.29 is 4.52 Å². The molecule has 0 aliphatic heterocycles. The van der Waals surface area contributed by atoms with Gasteiger partial charge in [-0.2, -0.15) is 20.4 Å². The van der Waals surface area contributed by atoms with Crippen molar-refractivity contribution in [2.75, 3.05) is 5.73 Å². The van der Waals surface area contributed by atoms with Crippen LogP contribution < -0.4 is 5.73 Å². The Morgan fingerprint density at radius 1 is 1.33 bits per heavy atom. The van der Waals surface area contributed by atoms with Crippen molar-refractivity contribution in [3.05, 3.63) is 29.4 Å². The summed E-state index contributed by atoms with van der Waals surface area (Å²) in [5.41, 5.74) is 7.36. The second-order valence-corrected chi connectivity index (χ2v) is 3.92. The first-order chi connectivity index (χ1) is 8.74. The number of H-pyrrole nitrogens is 1. The third-order valence-electron chi connectivity index (χ3n) is 2.31. The van der Waals surface area contributed by atoms with Crippen LogP contribution in [0.15, 0.2) is 28.9 Å². The monoisotopic (exact) mass is 262 g/mol. The second kappa shape index (κ2) is 4.11. The summed E-state index contributed by atoms with van der Waals surface area (Å²) in [6, 6.07) is 5.09. The molecule has 3 rings (SSSR count). The lowest BCUT2D eigenvalue weighted by Crippen LogP contribution is -1.87. The Kier molecular flexibility index (Phi) is 2.45. The molecule has 0 radical (unpaired) electrons. The smallest absolute Gasteiger partial charge is 0.258 e. The van der Waals surface area contributed by atoms with Gasteiger partial charge in [0.25, 0.3) is 5.89 Å². The number of aromatic amines is 1. The molecule has 1 aromatic carbocycles. The summed E-state index contributed by atoms with van der Waals surface area (Å²) in [5.74, 6) is 0.698. The van der Waals surface area contributed by atoms with Gasteiger partial charge in [-0.3, -0.25) is 0 Å². The summed E-state index contributed by atoms with van der Waals surface area (Å²) in [5, 5.41) is 14.3. The molecule has 0 saturated carbocycles. The van der Waals surface area contributed by atoms with Gasteiger partial charge >= 0.3 is 0 Å². The summed E-state index contributed by atoms with van der Waals surface area (Å²) in [4.78, 5) is 4.19. The Morgan fingerprint density at radius 3 is 2.94 bits per heavy atom. The van der Waals surface area contributed by atoms with Crippen LogP contribution in [0.25, 0.3) is 23.0 Å². The molecule has 0 amide bonds. The van der Waals surface area contributed by atoms with Crippen molar-refractivity contribution in [3.63, 3.8) is 0 Å². The molecule has 0 fully saturated rings. The average molecular weight is 263 g/mol. The summed E-state index contributed by atoms with van der Waals surface area (Å²) in [6.07, 6.45) is 1.50. The van der Waals surface area contributed by atoms with Gasteiger partial charge < -0.3 is 10.3 Å². The first-order valence-electron chi connectivity index (χ1n) is 4.99. The number of nitrogen functional groups attached to an aromatic ring is 1. The fourth-order valence-electron chi connectivity index (χ4n) is 1.43. The van der Waals surface area contributed by atoms with Gasteiger partial charge in [-0.05, 0) is 18.2 Å². The molecule has 2 aromatic heterocycles. The molecule has 0 atom stereocenters. The standard InChI is InChI=1S/C10H7ClN6O/c11-6-2-1-5(3-7(6)12)10-14-9(16-18-10)8-4-13-17-15-8/h1-4H,12H2,(H,13,15,17). The summed E-state index contributed by atoms with van der Waals surface area (Å²) >= 11 is 5.84. The van der Waals surface area contributed by atoms with Crippen LogP contribution >= 0.6 is 11.6 Å². The molecule has 2 heterocycles. The average Bonchev–Trinajstić information content (AvgIpc) is 3.01. The van der Waals surface area contributed by atoms with E-state index in [1.165, 1.54) is 6.20 Å². The molecule has 3 N–H and O–H groups in total. The first kappa shape index (κ1) is 10.7. The van der Waals surface area contributed by atoms with Gasteiger partial charge in [-0.25, -0.2) is 0 Å². The zero-order valence-electron chi connectivity index (χ0n) is 8.96. The Labute approximate surface area is 106 Å². The first-order valence-corrected chi connectivity index (χ1v) is 5.37. The number of nitrogens with one attached hydrogen (secondary N) is 1. The Balaban J connectivity index is 2.00. The Hall–Kier alpha value is -2.41. The largest absolute Gasteiger partial charge is 0.398 e. The Morgan fingerprint density at radius 2 is 2.22 bits per heavy atom. The van der Waals surface area contributed by atoms with E-state index in [9.17, 15) is 0 Å². The molecule has 0 unspecified atom stereocenters. The second-order valence-electron chi connectivity index (χ2n) is 3.51. The van der Waals surface area contributed by atoms with E-state index < -0.39 is 0 Å². The normalized spacial score (nSPS) is 10.7. The minimum absolute atomic E-state index is 0.344. The molecule has 0 saturated heterocycles. The van der Waals surface area contributed by atoms with Crippen molar-refractivity contribution in [3.8, 4) is 23.0 Å². The van der Waals surface area contributed by atoms with Crippen molar-refractivity contribution in [1.29, 1.82) is 0 Å². The maximum Gasteiger partial charge on any atom is 0.258 e. The quantitative estimate of drug-likeness (QED) is 0.682. The lowest BCUT2D eigenvalue weighted by Gasteiger charge is -1.98. The van der Waals surface area contributed by atoms with Gasteiger partial charge in [0.05, 0.1) is 16.9 Å². The van der Waals surface area contributed by atoms with Crippen LogP contribution in [0.5, 0.6) is 0 Å². The predicted molar refractivity (Wildman–Crippen MR) is 64.5 cm³/mol. The summed E-state index contributed by atoms with van der Waals surface area (Å²) < 4.78 is 5.13. The summed E-state index contributed by atoms with van der Waals surface area (Å²) in [7, 11) is 0. The number of nitrogens with zero attached hydrogens (tertiary/aromatic N) is 4. The minimum Gasteiger partial charge on any atom is -0.398 e. The van der Waals surface area contributed by atoms with Crippen LogP contribution in [0.3, 0.4) is 0 Å². The molecular formula is C10H7ClN6O. The molecule has 0 aliphatic carbocycles. The van der Waals surface area contributed by atoms with Gasteiger partial charge in [0.15, 0.2) is 5.69 Å². The fraction of sp³-hybridized carbons (Fsp3) is 0. The van der Waals surface area contributed by atoms with Gasteiger partial charge in [0.1, 0.15) is 0 Å². The molecular weight excluding hydrogens is 256 g/mol. The van der Waals surface area contributed by atoms with E-state index in [1.807, 2.05) is 0 Å². The molecule has 90 valence electrons. The number of nitrogens with two attached hydrogens (primary N) is 1. The zero-order valence-corrected chi connectivity index (χ0v) is 9.72. The van der Waals surface area contributed by atoms with Crippen LogP contribution in [0.1, 0.15) is 0 Å². The lowest BCUT2D eigenvalue weighted by atomic mass is 10.2. The minimum atomic E-state index is 0.344. The van der Waals surface area contributed by atoms with E-state index >= 15 is 0 Å². The number of hydrogen-bond donors (Lipinski definition) is 2. The number of aromatic nitrogens is 5. The van der Waals surface area contributed by atoms with Crippen molar-refractivity contribution in [1.82, 2.24) is 25.6 Å². The fourth-order valence-corrected chi connectivity index (χ4v) is 1.55. The van der Waals surface area contributed by atoms with E-state index in [2.05, 4.69) is 25.6 Å².